The first-order valence-electron chi connectivity index (χ1n) is 15.4. The van der Waals surface area contributed by atoms with E-state index < -0.39 is 16.6 Å². The smallest absolute Gasteiger partial charge is 0.305 e. The van der Waals surface area contributed by atoms with E-state index in [0.29, 0.717) is 13.0 Å². The Labute approximate surface area is 253 Å². The summed E-state index contributed by atoms with van der Waals surface area (Å²) in [6.07, 6.45) is 11.4. The highest BCUT2D eigenvalue weighted by Gasteiger charge is 2.51. The van der Waals surface area contributed by atoms with Gasteiger partial charge in [0.15, 0.2) is 8.32 Å². The van der Waals surface area contributed by atoms with Gasteiger partial charge in [0.05, 0.1) is 19.8 Å². The van der Waals surface area contributed by atoms with E-state index in [1.807, 2.05) is 0 Å². The van der Waals surface area contributed by atoms with Crippen LogP contribution in [0.1, 0.15) is 86.5 Å². The highest BCUT2D eigenvalue weighted by molar-refractivity contribution is 6.99. The Kier molecular flexibility index (Phi) is 13.7. The molecule has 0 amide bonds. The van der Waals surface area contributed by atoms with Gasteiger partial charge in [0.25, 0.3) is 8.32 Å². The molecule has 41 heavy (non-hydrogen) atoms. The van der Waals surface area contributed by atoms with E-state index in [0.717, 1.165) is 38.5 Å². The molecule has 0 aromatic heterocycles. The molecule has 228 valence electrons. The van der Waals surface area contributed by atoms with Crippen LogP contribution in [0.2, 0.25) is 23.2 Å². The molecule has 0 bridgehead atoms. The van der Waals surface area contributed by atoms with Gasteiger partial charge in [0, 0.05) is 6.42 Å². The number of carbonyl (C=O) groups is 1. The van der Waals surface area contributed by atoms with Gasteiger partial charge in [0.2, 0.25) is 0 Å². The number of esters is 1. The van der Waals surface area contributed by atoms with Crippen molar-refractivity contribution in [1.82, 2.24) is 0 Å². The highest BCUT2D eigenvalue weighted by Crippen LogP contribution is 2.39. The molecule has 0 fully saturated rings. The molecular formula is C35H56O4Si2. The van der Waals surface area contributed by atoms with Crippen molar-refractivity contribution in [1.29, 1.82) is 0 Å². The lowest BCUT2D eigenvalue weighted by Crippen LogP contribution is -2.68. The second kappa shape index (κ2) is 16.0. The van der Waals surface area contributed by atoms with E-state index in [2.05, 4.69) is 127 Å². The van der Waals surface area contributed by atoms with Crippen LogP contribution in [-0.4, -0.2) is 42.4 Å². The lowest BCUT2D eigenvalue weighted by molar-refractivity contribution is -0.140. The number of ether oxygens (including phenoxy) is 1. The standard InChI is InChI=1S/C35H56O4Si2/c1-34(2,3)40(8,9)38-29-30(23-17-13-11-10-12-14-22-28-33(36)37-7)39-41(35(4,5)6,31-24-18-15-19-25-31)32-26-20-16-21-27-32/h15-21,23-27,30H,10-14,22,28-29H2,1-9H3/b23-17-/t30-/m0/s1. The van der Waals surface area contributed by atoms with Crippen molar-refractivity contribution in [3.63, 3.8) is 0 Å². The minimum atomic E-state index is -2.71. The van der Waals surface area contributed by atoms with Crippen molar-refractivity contribution in [2.45, 2.75) is 116 Å². The van der Waals surface area contributed by atoms with E-state index in [-0.39, 0.29) is 22.1 Å². The first-order valence-corrected chi connectivity index (χ1v) is 20.2. The SMILES string of the molecule is COC(=O)CCCCCCC/C=C\[C@@H](CO[Si](C)(C)C(C)(C)C)O[Si](c1ccccc1)(c1ccccc1)C(C)(C)C. The fourth-order valence-electron chi connectivity index (χ4n) is 4.97. The number of methoxy groups -OCH3 is 1. The van der Waals surface area contributed by atoms with Gasteiger partial charge >= 0.3 is 5.97 Å². The normalized spacial score (nSPS) is 13.9. The molecule has 2 rings (SSSR count). The summed E-state index contributed by atoms with van der Waals surface area (Å²) >= 11 is 0. The van der Waals surface area contributed by atoms with Crippen LogP contribution in [0.15, 0.2) is 72.8 Å². The third-order valence-corrected chi connectivity index (χ3v) is 18.1. The Hall–Kier alpha value is -2.00. The molecule has 4 nitrogen and oxygen atoms in total. The predicted molar refractivity (Wildman–Crippen MR) is 179 cm³/mol. The van der Waals surface area contributed by atoms with Gasteiger partial charge in [0.1, 0.15) is 0 Å². The predicted octanol–water partition coefficient (Wildman–Crippen LogP) is 8.41. The summed E-state index contributed by atoms with van der Waals surface area (Å²) in [6, 6.07) is 21.7. The average Bonchev–Trinajstić information content (AvgIpc) is 2.92. The molecule has 0 saturated carbocycles. The van der Waals surface area contributed by atoms with Crippen molar-refractivity contribution in [3.8, 4) is 0 Å². The fourth-order valence-corrected chi connectivity index (χ4v) is 10.6. The zero-order valence-electron chi connectivity index (χ0n) is 27.3. The molecule has 6 heteroatoms. The Morgan fingerprint density at radius 1 is 0.780 bits per heavy atom. The molecule has 2 aromatic rings. The van der Waals surface area contributed by atoms with Crippen molar-refractivity contribution in [3.05, 3.63) is 72.8 Å². The fraction of sp³-hybridized carbons (Fsp3) is 0.571. The number of hydrogen-bond donors (Lipinski definition) is 0. The molecule has 0 saturated heterocycles. The summed E-state index contributed by atoms with van der Waals surface area (Å²) in [5.74, 6) is -0.111. The number of rotatable bonds is 16. The third-order valence-electron chi connectivity index (χ3n) is 8.49. The van der Waals surface area contributed by atoms with Gasteiger partial charge in [-0.1, -0.05) is 134 Å². The first kappa shape index (κ1) is 35.2. The molecule has 0 N–H and O–H groups in total. The zero-order valence-corrected chi connectivity index (χ0v) is 29.3. The minimum absolute atomic E-state index is 0.0943. The molecule has 0 radical (unpaired) electrons. The number of benzene rings is 2. The molecule has 0 unspecified atom stereocenters. The van der Waals surface area contributed by atoms with Crippen LogP contribution in [0.25, 0.3) is 0 Å². The molecule has 0 aliphatic heterocycles. The number of unbranched alkanes of at least 4 members (excludes halogenated alkanes) is 5. The Balaban J connectivity index is 2.29. The monoisotopic (exact) mass is 596 g/mol. The number of allylic oxidation sites excluding steroid dienone is 1. The summed E-state index contributed by atoms with van der Waals surface area (Å²) < 4.78 is 19.0. The van der Waals surface area contributed by atoms with Gasteiger partial charge in [-0.05, 0) is 52.8 Å². The lowest BCUT2D eigenvalue weighted by Gasteiger charge is -2.45. The van der Waals surface area contributed by atoms with Crippen LogP contribution in [0, 0.1) is 0 Å². The Bertz CT molecular complexity index is 1010. The number of carbonyl (C=O) groups excluding carboxylic acids is 1. The van der Waals surface area contributed by atoms with Crippen molar-refractivity contribution >= 4 is 33.0 Å². The van der Waals surface area contributed by atoms with Crippen molar-refractivity contribution in [2.24, 2.45) is 0 Å². The van der Waals surface area contributed by atoms with Gasteiger partial charge < -0.3 is 13.6 Å². The zero-order chi connectivity index (χ0) is 30.6. The summed E-state index contributed by atoms with van der Waals surface area (Å²) in [6.45, 7) is 19.0. The van der Waals surface area contributed by atoms with Gasteiger partial charge in [-0.25, -0.2) is 0 Å². The van der Waals surface area contributed by atoms with Crippen LogP contribution in [0.5, 0.6) is 0 Å². The van der Waals surface area contributed by atoms with E-state index in [1.54, 1.807) is 0 Å². The summed E-state index contributed by atoms with van der Waals surface area (Å²) in [7, 11) is -3.22. The van der Waals surface area contributed by atoms with Gasteiger partial charge in [-0.3, -0.25) is 4.79 Å². The van der Waals surface area contributed by atoms with Crippen LogP contribution >= 0.6 is 0 Å². The quantitative estimate of drug-likeness (QED) is 0.0845. The lowest BCUT2D eigenvalue weighted by atomic mass is 10.1. The number of hydrogen-bond acceptors (Lipinski definition) is 4. The van der Waals surface area contributed by atoms with E-state index >= 15 is 0 Å². The molecular weight excluding hydrogens is 541 g/mol. The van der Waals surface area contributed by atoms with Crippen molar-refractivity contribution in [2.75, 3.05) is 13.7 Å². The molecule has 0 spiro atoms. The maximum absolute atomic E-state index is 11.3. The largest absolute Gasteiger partial charge is 0.469 e. The van der Waals surface area contributed by atoms with E-state index in [9.17, 15) is 4.79 Å². The maximum atomic E-state index is 11.3. The maximum Gasteiger partial charge on any atom is 0.305 e. The molecule has 2 aromatic carbocycles. The molecule has 1 atom stereocenters. The topological polar surface area (TPSA) is 44.8 Å². The second-order valence-corrected chi connectivity index (χ2v) is 22.8. The molecule has 0 aliphatic carbocycles. The molecule has 0 aliphatic rings. The van der Waals surface area contributed by atoms with Crippen LogP contribution in [0.3, 0.4) is 0 Å². The first-order chi connectivity index (χ1) is 19.2. The molecule has 0 heterocycles. The minimum Gasteiger partial charge on any atom is -0.469 e. The van der Waals surface area contributed by atoms with Crippen LogP contribution in [0.4, 0.5) is 0 Å². The highest BCUT2D eigenvalue weighted by atomic mass is 28.4. The summed E-state index contributed by atoms with van der Waals surface area (Å²) in [5.41, 5.74) is 0. The van der Waals surface area contributed by atoms with Gasteiger partial charge in [-0.2, -0.15) is 0 Å². The third kappa shape index (κ3) is 10.3. The Morgan fingerprint density at radius 2 is 1.29 bits per heavy atom. The Morgan fingerprint density at radius 3 is 1.78 bits per heavy atom. The van der Waals surface area contributed by atoms with Gasteiger partial charge in [-0.15, -0.1) is 0 Å². The van der Waals surface area contributed by atoms with E-state index in [1.165, 1.54) is 17.5 Å². The summed E-state index contributed by atoms with van der Waals surface area (Å²) in [5, 5.41) is 2.61. The van der Waals surface area contributed by atoms with Crippen LogP contribution in [-0.2, 0) is 18.4 Å². The average molecular weight is 597 g/mol. The van der Waals surface area contributed by atoms with E-state index in [4.69, 9.17) is 13.6 Å². The summed E-state index contributed by atoms with van der Waals surface area (Å²) in [4.78, 5) is 11.3. The van der Waals surface area contributed by atoms with Crippen LogP contribution < -0.4 is 10.4 Å². The van der Waals surface area contributed by atoms with Crippen molar-refractivity contribution < 1.29 is 18.4 Å². The second-order valence-electron chi connectivity index (χ2n) is 13.7.